The van der Waals surface area contributed by atoms with Crippen molar-refractivity contribution in [3.63, 3.8) is 0 Å². The zero-order valence-electron chi connectivity index (χ0n) is 14.7. The van der Waals surface area contributed by atoms with Gasteiger partial charge in [-0.05, 0) is 24.3 Å². The summed E-state index contributed by atoms with van der Waals surface area (Å²) in [6.45, 7) is 0. The first kappa shape index (κ1) is 17.2. The standard InChI is InChI=1S/C19H14N4O3S2/c1-26-12-6-4-5-11(9-12)22-16(24)10-15(17(22)25)28-19-21-20-18-23(19)13-7-2-3-8-14(13)27-18/h2-9,15H,10H2,1H3/t15-/m0/s1. The molecule has 1 aliphatic heterocycles. The number of amides is 2. The topological polar surface area (TPSA) is 76.8 Å². The molecule has 9 heteroatoms. The van der Waals surface area contributed by atoms with Gasteiger partial charge in [0.15, 0.2) is 5.16 Å². The summed E-state index contributed by atoms with van der Waals surface area (Å²) in [5.74, 6) is 0.115. The number of ether oxygens (including phenoxy) is 1. The zero-order valence-corrected chi connectivity index (χ0v) is 16.4. The van der Waals surface area contributed by atoms with Crippen LogP contribution < -0.4 is 9.64 Å². The Morgan fingerprint density at radius 2 is 2.00 bits per heavy atom. The fourth-order valence-electron chi connectivity index (χ4n) is 3.28. The van der Waals surface area contributed by atoms with Crippen molar-refractivity contribution in [2.75, 3.05) is 12.0 Å². The number of imide groups is 1. The van der Waals surface area contributed by atoms with Gasteiger partial charge in [-0.3, -0.25) is 14.0 Å². The van der Waals surface area contributed by atoms with Gasteiger partial charge < -0.3 is 4.74 Å². The second-order valence-corrected chi connectivity index (χ2v) is 8.43. The van der Waals surface area contributed by atoms with Gasteiger partial charge in [-0.25, -0.2) is 4.90 Å². The maximum absolute atomic E-state index is 13.0. The summed E-state index contributed by atoms with van der Waals surface area (Å²) in [5, 5.41) is 8.54. The van der Waals surface area contributed by atoms with E-state index in [0.717, 1.165) is 15.2 Å². The molecule has 1 atom stereocenters. The van der Waals surface area contributed by atoms with Crippen molar-refractivity contribution in [1.82, 2.24) is 14.6 Å². The van der Waals surface area contributed by atoms with Crippen molar-refractivity contribution >= 4 is 55.8 Å². The second-order valence-electron chi connectivity index (χ2n) is 6.25. The van der Waals surface area contributed by atoms with Gasteiger partial charge in [0.25, 0.3) is 0 Å². The molecule has 0 saturated carbocycles. The summed E-state index contributed by atoms with van der Waals surface area (Å²) >= 11 is 2.82. The fraction of sp³-hybridized carbons (Fsp3) is 0.158. The number of carbonyl (C=O) groups is 2. The molecule has 2 aromatic heterocycles. The lowest BCUT2D eigenvalue weighted by Crippen LogP contribution is -2.31. The van der Waals surface area contributed by atoms with E-state index in [1.165, 1.54) is 16.7 Å². The number of methoxy groups -OCH3 is 1. The number of anilines is 1. The van der Waals surface area contributed by atoms with Gasteiger partial charge in [0.1, 0.15) is 11.0 Å². The fourth-order valence-corrected chi connectivity index (χ4v) is 5.36. The Morgan fingerprint density at radius 3 is 2.86 bits per heavy atom. The summed E-state index contributed by atoms with van der Waals surface area (Å²) in [7, 11) is 1.55. The van der Waals surface area contributed by atoms with Crippen LogP contribution in [0.5, 0.6) is 5.75 Å². The number of para-hydroxylation sites is 1. The third-order valence-electron chi connectivity index (χ3n) is 4.58. The van der Waals surface area contributed by atoms with E-state index in [4.69, 9.17) is 4.74 Å². The molecule has 3 heterocycles. The summed E-state index contributed by atoms with van der Waals surface area (Å²) in [6.07, 6.45) is 0.123. The Morgan fingerprint density at radius 1 is 1.14 bits per heavy atom. The normalized spacial score (nSPS) is 17.2. The van der Waals surface area contributed by atoms with Crippen LogP contribution >= 0.6 is 23.1 Å². The lowest BCUT2D eigenvalue weighted by Gasteiger charge is -2.15. The smallest absolute Gasteiger partial charge is 0.247 e. The van der Waals surface area contributed by atoms with Crippen molar-refractivity contribution in [3.05, 3.63) is 48.5 Å². The molecule has 5 rings (SSSR count). The summed E-state index contributed by atoms with van der Waals surface area (Å²) in [6, 6.07) is 14.9. The van der Waals surface area contributed by atoms with E-state index >= 15 is 0 Å². The van der Waals surface area contributed by atoms with Crippen LogP contribution in [-0.4, -0.2) is 38.8 Å². The molecule has 2 amide bonds. The van der Waals surface area contributed by atoms with Crippen LogP contribution in [0.3, 0.4) is 0 Å². The highest BCUT2D eigenvalue weighted by Gasteiger charge is 2.41. The van der Waals surface area contributed by atoms with Crippen molar-refractivity contribution < 1.29 is 14.3 Å². The Hall–Kier alpha value is -2.91. The van der Waals surface area contributed by atoms with Gasteiger partial charge in [0.05, 0.1) is 23.0 Å². The van der Waals surface area contributed by atoms with E-state index in [9.17, 15) is 9.59 Å². The van der Waals surface area contributed by atoms with E-state index < -0.39 is 5.25 Å². The number of hydrogen-bond donors (Lipinski definition) is 0. The lowest BCUT2D eigenvalue weighted by atomic mass is 10.3. The maximum atomic E-state index is 13.0. The Bertz CT molecular complexity index is 1230. The van der Waals surface area contributed by atoms with E-state index in [0.29, 0.717) is 16.6 Å². The van der Waals surface area contributed by atoms with Gasteiger partial charge in [-0.1, -0.05) is 41.3 Å². The van der Waals surface area contributed by atoms with Crippen molar-refractivity contribution in [1.29, 1.82) is 0 Å². The predicted molar refractivity (Wildman–Crippen MR) is 108 cm³/mol. The number of rotatable bonds is 4. The van der Waals surface area contributed by atoms with Gasteiger partial charge in [0.2, 0.25) is 16.8 Å². The first-order chi connectivity index (χ1) is 13.7. The first-order valence-corrected chi connectivity index (χ1v) is 10.3. The van der Waals surface area contributed by atoms with E-state index in [1.54, 1.807) is 42.7 Å². The molecule has 0 radical (unpaired) electrons. The minimum Gasteiger partial charge on any atom is -0.497 e. The third kappa shape index (κ3) is 2.66. The monoisotopic (exact) mass is 410 g/mol. The highest BCUT2D eigenvalue weighted by Crippen LogP contribution is 2.36. The maximum Gasteiger partial charge on any atom is 0.247 e. The van der Waals surface area contributed by atoms with Gasteiger partial charge in [0, 0.05) is 12.5 Å². The molecule has 7 nitrogen and oxygen atoms in total. The minimum absolute atomic E-state index is 0.123. The Balaban J connectivity index is 1.47. The largest absolute Gasteiger partial charge is 0.497 e. The first-order valence-electron chi connectivity index (χ1n) is 8.56. The van der Waals surface area contributed by atoms with Crippen LogP contribution in [0.1, 0.15) is 6.42 Å². The van der Waals surface area contributed by atoms with Crippen molar-refractivity contribution in [3.8, 4) is 5.75 Å². The number of thiazole rings is 1. The number of hydrogen-bond acceptors (Lipinski definition) is 7. The molecule has 140 valence electrons. The SMILES string of the molecule is COc1cccc(N2C(=O)C[C@H](Sc3nnc4sc5ccccc5n34)C2=O)c1. The molecule has 4 aromatic rings. The minimum atomic E-state index is -0.537. The number of benzene rings is 2. The molecule has 0 unspecified atom stereocenters. The summed E-state index contributed by atoms with van der Waals surface area (Å²) in [4.78, 5) is 27.5. The average molecular weight is 410 g/mol. The van der Waals surface area contributed by atoms with E-state index in [-0.39, 0.29) is 18.2 Å². The van der Waals surface area contributed by atoms with Crippen LogP contribution in [0, 0.1) is 0 Å². The Kier molecular flexibility index (Phi) is 4.06. The number of aromatic nitrogens is 3. The van der Waals surface area contributed by atoms with Crippen LogP contribution in [0.25, 0.3) is 15.2 Å². The molecule has 1 saturated heterocycles. The van der Waals surface area contributed by atoms with E-state index in [1.807, 2.05) is 28.7 Å². The molecular formula is C19H14N4O3S2. The summed E-state index contributed by atoms with van der Waals surface area (Å²) in [5.41, 5.74) is 1.52. The summed E-state index contributed by atoms with van der Waals surface area (Å²) < 4.78 is 8.24. The number of carbonyl (C=O) groups excluding carboxylic acids is 2. The number of thioether (sulfide) groups is 1. The molecule has 0 bridgehead atoms. The van der Waals surface area contributed by atoms with E-state index in [2.05, 4.69) is 10.2 Å². The second kappa shape index (κ2) is 6.61. The van der Waals surface area contributed by atoms with Crippen LogP contribution in [0.15, 0.2) is 53.7 Å². The highest BCUT2D eigenvalue weighted by atomic mass is 32.2. The molecule has 1 fully saturated rings. The molecule has 0 spiro atoms. The van der Waals surface area contributed by atoms with Crippen molar-refractivity contribution in [2.24, 2.45) is 0 Å². The van der Waals surface area contributed by atoms with Gasteiger partial charge in [-0.15, -0.1) is 10.2 Å². The number of fused-ring (bicyclic) bond motifs is 3. The van der Waals surface area contributed by atoms with Crippen LogP contribution in [-0.2, 0) is 9.59 Å². The molecular weight excluding hydrogens is 396 g/mol. The highest BCUT2D eigenvalue weighted by molar-refractivity contribution is 8.00. The van der Waals surface area contributed by atoms with Gasteiger partial charge >= 0.3 is 0 Å². The zero-order chi connectivity index (χ0) is 19.3. The Labute approximate surface area is 167 Å². The lowest BCUT2D eigenvalue weighted by molar-refractivity contribution is -0.121. The van der Waals surface area contributed by atoms with Crippen LogP contribution in [0.4, 0.5) is 5.69 Å². The molecule has 0 N–H and O–H groups in total. The average Bonchev–Trinajstić information content (AvgIpc) is 3.35. The molecule has 0 aliphatic carbocycles. The molecule has 1 aliphatic rings. The third-order valence-corrected chi connectivity index (χ3v) is 6.72. The van der Waals surface area contributed by atoms with Crippen LogP contribution in [0.2, 0.25) is 0 Å². The molecule has 28 heavy (non-hydrogen) atoms. The number of nitrogens with zero attached hydrogens (tertiary/aromatic N) is 4. The predicted octanol–water partition coefficient (Wildman–Crippen LogP) is 3.38. The quantitative estimate of drug-likeness (QED) is 0.480. The van der Waals surface area contributed by atoms with Gasteiger partial charge in [-0.2, -0.15) is 0 Å². The van der Waals surface area contributed by atoms with Crippen molar-refractivity contribution in [2.45, 2.75) is 16.8 Å². The molecule has 2 aromatic carbocycles.